The molecule has 118 valence electrons. The van der Waals surface area contributed by atoms with Crippen LogP contribution < -0.4 is 0 Å². The molecular formula is C19H25NO2. The molecule has 1 fully saturated rings. The molecule has 1 saturated carbocycles. The highest BCUT2D eigenvalue weighted by atomic mass is 16.3. The minimum absolute atomic E-state index is 0.0190. The summed E-state index contributed by atoms with van der Waals surface area (Å²) in [5, 5.41) is 20.7. The van der Waals surface area contributed by atoms with Gasteiger partial charge in [0.1, 0.15) is 0 Å². The lowest BCUT2D eigenvalue weighted by Gasteiger charge is -2.42. The van der Waals surface area contributed by atoms with Crippen LogP contribution in [0.5, 0.6) is 11.5 Å². The van der Waals surface area contributed by atoms with Gasteiger partial charge in [-0.05, 0) is 56.8 Å². The fraction of sp³-hybridized carbons (Fsp3) is 0.579. The summed E-state index contributed by atoms with van der Waals surface area (Å²) < 4.78 is 0. The Balaban J connectivity index is 2.00. The molecule has 3 heteroatoms. The Labute approximate surface area is 132 Å². The van der Waals surface area contributed by atoms with Crippen LogP contribution in [0.3, 0.4) is 0 Å². The zero-order valence-corrected chi connectivity index (χ0v) is 13.6. The van der Waals surface area contributed by atoms with E-state index in [1.165, 1.54) is 5.56 Å². The van der Waals surface area contributed by atoms with Gasteiger partial charge in [0.15, 0.2) is 11.5 Å². The third-order valence-corrected chi connectivity index (χ3v) is 6.40. The van der Waals surface area contributed by atoms with Crippen molar-refractivity contribution < 1.29 is 10.2 Å². The first-order valence-corrected chi connectivity index (χ1v) is 8.26. The van der Waals surface area contributed by atoms with Crippen molar-refractivity contribution in [2.75, 3.05) is 14.1 Å². The van der Waals surface area contributed by atoms with E-state index in [1.54, 1.807) is 6.07 Å². The van der Waals surface area contributed by atoms with Crippen LogP contribution in [-0.2, 0) is 11.8 Å². The molecular weight excluding hydrogens is 274 g/mol. The number of hydrogen-bond acceptors (Lipinski definition) is 3. The Kier molecular flexibility index (Phi) is 2.75. The Morgan fingerprint density at radius 3 is 2.73 bits per heavy atom. The first-order chi connectivity index (χ1) is 10.4. The number of hydrogen-bond donors (Lipinski definition) is 2. The van der Waals surface area contributed by atoms with E-state index in [4.69, 9.17) is 0 Å². The van der Waals surface area contributed by atoms with E-state index >= 15 is 0 Å². The highest BCUT2D eigenvalue weighted by molar-refractivity contribution is 5.57. The number of aromatic hydroxyl groups is 2. The predicted molar refractivity (Wildman–Crippen MR) is 87.2 cm³/mol. The predicted octanol–water partition coefficient (Wildman–Crippen LogP) is 3.20. The minimum atomic E-state index is -0.0190. The van der Waals surface area contributed by atoms with Crippen molar-refractivity contribution in [3.8, 4) is 11.5 Å². The Morgan fingerprint density at radius 2 is 2.00 bits per heavy atom. The number of rotatable bonds is 1. The Hall–Kier alpha value is -1.48. The molecule has 3 nitrogen and oxygen atoms in total. The van der Waals surface area contributed by atoms with Crippen LogP contribution in [0.4, 0.5) is 0 Å². The molecule has 3 aliphatic rings. The van der Waals surface area contributed by atoms with E-state index < -0.39 is 0 Å². The molecule has 0 radical (unpaired) electrons. The smallest absolute Gasteiger partial charge is 0.161 e. The Morgan fingerprint density at radius 1 is 1.23 bits per heavy atom. The van der Waals surface area contributed by atoms with Gasteiger partial charge in [-0.15, -0.1) is 0 Å². The van der Waals surface area contributed by atoms with Crippen LogP contribution in [-0.4, -0.2) is 35.3 Å². The van der Waals surface area contributed by atoms with Crippen LogP contribution in [0.1, 0.15) is 37.3 Å². The maximum atomic E-state index is 10.6. The molecule has 0 amide bonds. The number of phenolic OH excluding ortho intramolecular Hbond substituents is 2. The van der Waals surface area contributed by atoms with Gasteiger partial charge in [0, 0.05) is 22.9 Å². The molecule has 0 aliphatic heterocycles. The van der Waals surface area contributed by atoms with Gasteiger partial charge >= 0.3 is 0 Å². The standard InChI is InChI=1S/C19H25NO2/c1-18-10-12-7-8-14(21)16(22)15(12)19(11-18)9-5-4-6-13(19)17(18)20(2)3/h4,6-8,13,17,21-22H,5,9-11H2,1-3H3. The van der Waals surface area contributed by atoms with Crippen molar-refractivity contribution in [2.45, 2.75) is 44.1 Å². The summed E-state index contributed by atoms with van der Waals surface area (Å²) in [6.07, 6.45) is 8.88. The molecule has 4 atom stereocenters. The second-order valence-corrected chi connectivity index (χ2v) is 8.03. The molecule has 0 saturated heterocycles. The van der Waals surface area contributed by atoms with Gasteiger partial charge in [-0.1, -0.05) is 25.1 Å². The van der Waals surface area contributed by atoms with Crippen molar-refractivity contribution in [1.82, 2.24) is 4.90 Å². The van der Waals surface area contributed by atoms with E-state index in [1.807, 2.05) is 6.07 Å². The highest BCUT2D eigenvalue weighted by Crippen LogP contribution is 2.66. The maximum absolute atomic E-state index is 10.6. The second-order valence-electron chi connectivity index (χ2n) is 8.03. The number of benzene rings is 1. The lowest BCUT2D eigenvalue weighted by molar-refractivity contribution is 0.132. The summed E-state index contributed by atoms with van der Waals surface area (Å²) >= 11 is 0. The third kappa shape index (κ3) is 1.55. The van der Waals surface area contributed by atoms with Crippen LogP contribution >= 0.6 is 0 Å². The highest BCUT2D eigenvalue weighted by Gasteiger charge is 2.63. The largest absolute Gasteiger partial charge is 0.504 e. The average molecular weight is 299 g/mol. The molecule has 4 rings (SSSR count). The second kappa shape index (κ2) is 4.29. The molecule has 3 aliphatic carbocycles. The van der Waals surface area contributed by atoms with Gasteiger partial charge in [-0.3, -0.25) is 0 Å². The number of fused-ring (bicyclic) bond motifs is 2. The summed E-state index contributed by atoms with van der Waals surface area (Å²) in [6, 6.07) is 4.15. The monoisotopic (exact) mass is 299 g/mol. The van der Waals surface area contributed by atoms with Gasteiger partial charge < -0.3 is 15.1 Å². The molecule has 0 aromatic heterocycles. The molecule has 0 heterocycles. The number of phenols is 2. The van der Waals surface area contributed by atoms with Crippen LogP contribution in [0.2, 0.25) is 0 Å². The third-order valence-electron chi connectivity index (χ3n) is 6.40. The summed E-state index contributed by atoms with van der Waals surface area (Å²) in [5.41, 5.74) is 2.46. The first-order valence-electron chi connectivity index (χ1n) is 8.26. The number of allylic oxidation sites excluding steroid dienone is 1. The molecule has 2 N–H and O–H groups in total. The van der Waals surface area contributed by atoms with E-state index in [-0.39, 0.29) is 22.3 Å². The quantitative estimate of drug-likeness (QED) is 0.618. The van der Waals surface area contributed by atoms with Gasteiger partial charge in [-0.25, -0.2) is 0 Å². The zero-order chi connectivity index (χ0) is 15.7. The van der Waals surface area contributed by atoms with Crippen molar-refractivity contribution in [3.05, 3.63) is 35.4 Å². The first kappa shape index (κ1) is 14.1. The average Bonchev–Trinajstić information content (AvgIpc) is 2.66. The summed E-state index contributed by atoms with van der Waals surface area (Å²) in [4.78, 5) is 2.37. The Bertz CT molecular complexity index is 666. The molecule has 1 aromatic rings. The molecule has 22 heavy (non-hydrogen) atoms. The SMILES string of the molecule is CN(C)C1C2C=CCCC23CC1(C)Cc1ccc(O)c(O)c13. The van der Waals surface area contributed by atoms with Gasteiger partial charge in [0.25, 0.3) is 0 Å². The van der Waals surface area contributed by atoms with Crippen molar-refractivity contribution >= 4 is 0 Å². The summed E-state index contributed by atoms with van der Waals surface area (Å²) in [6.45, 7) is 2.40. The van der Waals surface area contributed by atoms with Crippen molar-refractivity contribution in [3.63, 3.8) is 0 Å². The maximum Gasteiger partial charge on any atom is 0.161 e. The van der Waals surface area contributed by atoms with E-state index in [2.05, 4.69) is 38.1 Å². The van der Waals surface area contributed by atoms with E-state index in [0.29, 0.717) is 12.0 Å². The van der Waals surface area contributed by atoms with E-state index in [0.717, 1.165) is 31.2 Å². The van der Waals surface area contributed by atoms with E-state index in [9.17, 15) is 10.2 Å². The van der Waals surface area contributed by atoms with Crippen molar-refractivity contribution in [1.29, 1.82) is 0 Å². The lowest BCUT2D eigenvalue weighted by atomic mass is 9.61. The number of nitrogens with zero attached hydrogens (tertiary/aromatic N) is 1. The fourth-order valence-corrected chi connectivity index (χ4v) is 6.06. The zero-order valence-electron chi connectivity index (χ0n) is 13.6. The van der Waals surface area contributed by atoms with Crippen LogP contribution in [0.25, 0.3) is 0 Å². The van der Waals surface area contributed by atoms with Gasteiger partial charge in [-0.2, -0.15) is 0 Å². The van der Waals surface area contributed by atoms with Crippen LogP contribution in [0, 0.1) is 11.3 Å². The summed E-state index contributed by atoms with van der Waals surface area (Å²) in [7, 11) is 4.35. The lowest BCUT2D eigenvalue weighted by Crippen LogP contribution is -2.43. The normalized spacial score (nSPS) is 38.9. The molecule has 4 unspecified atom stereocenters. The molecule has 1 aromatic carbocycles. The summed E-state index contributed by atoms with van der Waals surface area (Å²) in [5.74, 6) is 0.563. The van der Waals surface area contributed by atoms with Gasteiger partial charge in [0.2, 0.25) is 0 Å². The molecule has 2 bridgehead atoms. The van der Waals surface area contributed by atoms with Crippen LogP contribution in [0.15, 0.2) is 24.3 Å². The molecule has 1 spiro atoms. The topological polar surface area (TPSA) is 43.7 Å². The fourth-order valence-electron chi connectivity index (χ4n) is 6.06. The van der Waals surface area contributed by atoms with Crippen molar-refractivity contribution in [2.24, 2.45) is 11.3 Å². The minimum Gasteiger partial charge on any atom is -0.504 e. The van der Waals surface area contributed by atoms with Gasteiger partial charge in [0.05, 0.1) is 0 Å².